The van der Waals surface area contributed by atoms with Gasteiger partial charge in [-0.3, -0.25) is 9.48 Å². The van der Waals surface area contributed by atoms with Gasteiger partial charge in [0.2, 0.25) is 5.91 Å². The van der Waals surface area contributed by atoms with Crippen molar-refractivity contribution in [3.8, 4) is 11.1 Å². The van der Waals surface area contributed by atoms with E-state index < -0.39 is 0 Å². The van der Waals surface area contributed by atoms with Gasteiger partial charge in [0.15, 0.2) is 0 Å². The van der Waals surface area contributed by atoms with Gasteiger partial charge in [0.1, 0.15) is 0 Å². The Morgan fingerprint density at radius 3 is 2.45 bits per heavy atom. The normalized spacial score (nSPS) is 14.3. The second kappa shape index (κ2) is 9.84. The number of carbonyl (C=O) groups excluding carboxylic acids is 1. The van der Waals surface area contributed by atoms with Gasteiger partial charge in [-0.05, 0) is 66.9 Å². The second-order valence-electron chi connectivity index (χ2n) is 8.50. The third-order valence-electron chi connectivity index (χ3n) is 6.18. The van der Waals surface area contributed by atoms with Gasteiger partial charge in [-0.25, -0.2) is 0 Å². The fraction of sp³-hybridized carbons (Fsp3) is 0.214. The molecule has 0 atom stereocenters. The minimum Gasteiger partial charge on any atom is -0.322 e. The molecule has 3 aromatic carbocycles. The summed E-state index contributed by atoms with van der Waals surface area (Å²) in [7, 11) is 0. The lowest BCUT2D eigenvalue weighted by atomic mass is 10.0. The first-order valence-electron chi connectivity index (χ1n) is 11.6. The summed E-state index contributed by atoms with van der Waals surface area (Å²) in [5.74, 6) is -0.150. The third-order valence-corrected chi connectivity index (χ3v) is 6.18. The molecule has 0 bridgehead atoms. The quantitative estimate of drug-likeness (QED) is 0.392. The number of aromatic nitrogens is 2. The third kappa shape index (κ3) is 5.21. The molecule has 1 aromatic heterocycles. The molecule has 0 radical (unpaired) electrons. The maximum Gasteiger partial charge on any atom is 0.248 e. The average molecular weight is 437 g/mol. The molecule has 0 spiro atoms. The van der Waals surface area contributed by atoms with Gasteiger partial charge in [-0.1, -0.05) is 54.6 Å². The monoisotopic (exact) mass is 436 g/mol. The highest BCUT2D eigenvalue weighted by Gasteiger charge is 2.12. The number of nitrogens with zero attached hydrogens (tertiary/aromatic N) is 3. The molecule has 1 amide bonds. The fourth-order valence-electron chi connectivity index (χ4n) is 4.36. The topological polar surface area (TPSA) is 50.2 Å². The predicted molar refractivity (Wildman–Crippen MR) is 135 cm³/mol. The smallest absolute Gasteiger partial charge is 0.248 e. The highest BCUT2D eigenvalue weighted by atomic mass is 16.1. The van der Waals surface area contributed by atoms with Crippen LogP contribution in [-0.2, 0) is 11.3 Å². The van der Waals surface area contributed by atoms with Crippen LogP contribution < -0.4 is 5.32 Å². The van der Waals surface area contributed by atoms with Gasteiger partial charge in [0.05, 0.1) is 18.3 Å². The molecule has 1 aliphatic rings. The molecule has 4 aromatic rings. The van der Waals surface area contributed by atoms with Crippen molar-refractivity contribution in [3.63, 3.8) is 0 Å². The van der Waals surface area contributed by atoms with Crippen LogP contribution in [0.1, 0.15) is 18.4 Å². The Morgan fingerprint density at radius 1 is 0.909 bits per heavy atom. The zero-order chi connectivity index (χ0) is 22.5. The maximum absolute atomic E-state index is 12.4. The van der Waals surface area contributed by atoms with Crippen molar-refractivity contribution < 1.29 is 4.79 Å². The molecule has 0 unspecified atom stereocenters. The summed E-state index contributed by atoms with van der Waals surface area (Å²) in [5, 5.41) is 8.54. The summed E-state index contributed by atoms with van der Waals surface area (Å²) >= 11 is 0. The van der Waals surface area contributed by atoms with Gasteiger partial charge < -0.3 is 10.2 Å². The molecule has 5 heteroatoms. The van der Waals surface area contributed by atoms with E-state index in [9.17, 15) is 4.79 Å². The number of rotatable bonds is 7. The van der Waals surface area contributed by atoms with Crippen LogP contribution in [0.3, 0.4) is 0 Å². The van der Waals surface area contributed by atoms with Crippen molar-refractivity contribution in [3.05, 3.63) is 90.6 Å². The van der Waals surface area contributed by atoms with Crippen molar-refractivity contribution in [2.75, 3.05) is 25.0 Å². The van der Waals surface area contributed by atoms with Crippen molar-refractivity contribution in [2.45, 2.75) is 19.4 Å². The van der Waals surface area contributed by atoms with Crippen molar-refractivity contribution in [2.24, 2.45) is 0 Å². The number of nitrogens with one attached hydrogen (secondary N) is 1. The summed E-state index contributed by atoms with van der Waals surface area (Å²) in [4.78, 5) is 14.9. The van der Waals surface area contributed by atoms with Crippen LogP contribution in [0.15, 0.2) is 85.1 Å². The van der Waals surface area contributed by atoms with Crippen molar-refractivity contribution >= 4 is 28.6 Å². The van der Waals surface area contributed by atoms with Crippen LogP contribution in [0.2, 0.25) is 0 Å². The zero-order valence-corrected chi connectivity index (χ0v) is 18.7. The van der Waals surface area contributed by atoms with Gasteiger partial charge in [-0.15, -0.1) is 0 Å². The summed E-state index contributed by atoms with van der Waals surface area (Å²) in [6.45, 7) is 4.31. The molecule has 5 nitrogen and oxygen atoms in total. The van der Waals surface area contributed by atoms with Crippen LogP contribution in [0.5, 0.6) is 0 Å². The number of benzene rings is 3. The number of fused-ring (bicyclic) bond motifs is 1. The molecule has 1 fully saturated rings. The first kappa shape index (κ1) is 21.2. The molecule has 2 heterocycles. The lowest BCUT2D eigenvalue weighted by Crippen LogP contribution is -2.24. The Kier molecular flexibility index (Phi) is 6.31. The lowest BCUT2D eigenvalue weighted by Gasteiger charge is -2.14. The number of likely N-dealkylation sites (tertiary alicyclic amines) is 1. The zero-order valence-electron chi connectivity index (χ0n) is 18.7. The standard InChI is InChI=1S/C28H28N4O/c33-28(15-10-22-8-11-24(12-9-22)23-6-2-1-3-7-23)30-26-13-14-27-25(20-26)21-29-32(27)19-18-31-16-4-5-17-31/h1-3,6-15,20-21H,4-5,16-19H2,(H,30,33)/b15-10+. The van der Waals surface area contributed by atoms with Gasteiger partial charge in [0.25, 0.3) is 0 Å². The van der Waals surface area contributed by atoms with Gasteiger partial charge in [-0.2, -0.15) is 5.10 Å². The Hall–Kier alpha value is -3.70. The molecule has 5 rings (SSSR count). The molecule has 33 heavy (non-hydrogen) atoms. The molecule has 1 saturated heterocycles. The molecule has 0 saturated carbocycles. The Balaban J connectivity index is 1.19. The van der Waals surface area contributed by atoms with Crippen LogP contribution in [0.4, 0.5) is 5.69 Å². The van der Waals surface area contributed by atoms with Crippen LogP contribution in [-0.4, -0.2) is 40.2 Å². The van der Waals surface area contributed by atoms with E-state index in [1.54, 1.807) is 6.08 Å². The second-order valence-corrected chi connectivity index (χ2v) is 8.50. The number of amides is 1. The van der Waals surface area contributed by atoms with E-state index in [2.05, 4.69) is 44.3 Å². The summed E-state index contributed by atoms with van der Waals surface area (Å²) in [6.07, 6.45) is 7.88. The fourth-order valence-corrected chi connectivity index (χ4v) is 4.36. The predicted octanol–water partition coefficient (Wildman–Crippen LogP) is 5.45. The molecule has 1 aliphatic heterocycles. The number of anilines is 1. The first-order chi connectivity index (χ1) is 16.2. The average Bonchev–Trinajstić information content (AvgIpc) is 3.52. The molecule has 1 N–H and O–H groups in total. The van der Waals surface area contributed by atoms with E-state index in [0.29, 0.717) is 0 Å². The summed E-state index contributed by atoms with van der Waals surface area (Å²) in [5.41, 5.74) is 5.20. The highest BCUT2D eigenvalue weighted by Crippen LogP contribution is 2.21. The van der Waals surface area contributed by atoms with Gasteiger partial charge >= 0.3 is 0 Å². The van der Waals surface area contributed by atoms with Crippen molar-refractivity contribution in [1.29, 1.82) is 0 Å². The Labute approximate surface area is 194 Å². The molecule has 0 aliphatic carbocycles. The minimum atomic E-state index is -0.150. The van der Waals surface area contributed by atoms with Crippen LogP contribution in [0.25, 0.3) is 28.1 Å². The van der Waals surface area contributed by atoms with Gasteiger partial charge in [0, 0.05) is 23.7 Å². The Morgan fingerprint density at radius 2 is 1.67 bits per heavy atom. The van der Waals surface area contributed by atoms with Crippen LogP contribution >= 0.6 is 0 Å². The van der Waals surface area contributed by atoms with E-state index in [1.807, 2.05) is 60.8 Å². The molecule has 166 valence electrons. The summed E-state index contributed by atoms with van der Waals surface area (Å²) in [6, 6.07) is 24.4. The van der Waals surface area contributed by atoms with E-state index in [0.717, 1.165) is 40.8 Å². The highest BCUT2D eigenvalue weighted by molar-refractivity contribution is 6.03. The minimum absolute atomic E-state index is 0.150. The number of hydrogen-bond donors (Lipinski definition) is 1. The van der Waals surface area contributed by atoms with Crippen molar-refractivity contribution in [1.82, 2.24) is 14.7 Å². The van der Waals surface area contributed by atoms with E-state index in [1.165, 1.54) is 31.5 Å². The maximum atomic E-state index is 12.4. The summed E-state index contributed by atoms with van der Waals surface area (Å²) < 4.78 is 2.05. The molecular formula is C28H28N4O. The molecular weight excluding hydrogens is 408 g/mol. The SMILES string of the molecule is O=C(/C=C/c1ccc(-c2ccccc2)cc1)Nc1ccc2c(cnn2CCN2CCCC2)c1. The number of carbonyl (C=O) groups is 1. The van der Waals surface area contributed by atoms with E-state index in [4.69, 9.17) is 0 Å². The van der Waals surface area contributed by atoms with E-state index >= 15 is 0 Å². The van der Waals surface area contributed by atoms with E-state index in [-0.39, 0.29) is 5.91 Å². The largest absolute Gasteiger partial charge is 0.322 e. The Bertz CT molecular complexity index is 1250. The first-order valence-corrected chi connectivity index (χ1v) is 11.6. The number of hydrogen-bond acceptors (Lipinski definition) is 3. The lowest BCUT2D eigenvalue weighted by molar-refractivity contribution is -0.111. The van der Waals surface area contributed by atoms with Crippen LogP contribution in [0, 0.1) is 0 Å².